The number of hydrogen-bond donors (Lipinski definition) is 0. The average molecular weight is 687 g/mol. The van der Waals surface area contributed by atoms with Gasteiger partial charge >= 0.3 is 0 Å². The van der Waals surface area contributed by atoms with Crippen LogP contribution in [0.15, 0.2) is 92.6 Å². The van der Waals surface area contributed by atoms with E-state index in [-0.39, 0.29) is 16.7 Å². The van der Waals surface area contributed by atoms with Crippen molar-refractivity contribution in [1.82, 2.24) is 0 Å². The Balaban J connectivity index is 1.30. The van der Waals surface area contributed by atoms with Crippen LogP contribution in [0.2, 0.25) is 0 Å². The molecular formula is C35H30N2O7S3. The maximum Gasteiger partial charge on any atom is 0.272 e. The molecule has 0 fully saturated rings. The maximum atomic E-state index is 13.3. The molecule has 9 nitrogen and oxygen atoms in total. The number of anilines is 1. The normalized spacial score (nSPS) is 17.4. The molecule has 1 N–H and O–H groups in total. The van der Waals surface area contributed by atoms with Gasteiger partial charge in [0.25, 0.3) is 5.01 Å². The molecule has 240 valence electrons. The highest BCUT2D eigenvalue weighted by Crippen LogP contribution is 2.49. The van der Waals surface area contributed by atoms with Crippen molar-refractivity contribution in [3.05, 3.63) is 106 Å². The molecule has 47 heavy (non-hydrogen) atoms. The van der Waals surface area contributed by atoms with Gasteiger partial charge in [0.2, 0.25) is 15.8 Å². The molecule has 0 spiro atoms. The van der Waals surface area contributed by atoms with Crippen molar-refractivity contribution in [3.63, 3.8) is 0 Å². The van der Waals surface area contributed by atoms with Gasteiger partial charge in [0.15, 0.2) is 5.43 Å². The van der Waals surface area contributed by atoms with Crippen LogP contribution in [0.25, 0.3) is 37.7 Å². The standard InChI is InChI=1S/C35H30N2O7S3/c1-35(2)26-19-24(47(41,42)43)12-13-28(26)37(15-6-16-46(39)40)32(35)14-11-21-7-5-8-22-17-23-18-25(29(38)20-30(23)44-33(21)22)34-36-27-9-3-4-10-31(27)45-34/h3-4,9-14,16-20H,5-8,15H2,1-2H3,(H,41,42,43)/b21-11+,32-14-. The third kappa shape index (κ3) is 5.75. The third-order valence-corrected chi connectivity index (χ3v) is 11.4. The summed E-state index contributed by atoms with van der Waals surface area (Å²) in [7, 11) is -6.99. The van der Waals surface area contributed by atoms with Gasteiger partial charge in [0.1, 0.15) is 31.9 Å². The smallest absolute Gasteiger partial charge is 0.272 e. The van der Waals surface area contributed by atoms with Gasteiger partial charge in [-0.3, -0.25) is 4.79 Å². The zero-order valence-electron chi connectivity index (χ0n) is 25.6. The highest BCUT2D eigenvalue weighted by atomic mass is 32.2. The number of fused-ring (bicyclic) bond motifs is 4. The molecule has 2 aromatic carbocycles. The fraction of sp³-hybridized carbons (Fsp3) is 0.229. The van der Waals surface area contributed by atoms with E-state index in [1.54, 1.807) is 23.5 Å². The average Bonchev–Trinajstić information content (AvgIpc) is 3.54. The summed E-state index contributed by atoms with van der Waals surface area (Å²) >= 11 is 1.54. The predicted molar refractivity (Wildman–Crippen MR) is 182 cm³/mol. The number of allylic oxidation sites excluding steroid dienone is 4. The van der Waals surface area contributed by atoms with E-state index in [0.29, 0.717) is 29.1 Å². The van der Waals surface area contributed by atoms with Crippen LogP contribution in [0.3, 0.4) is 0 Å². The third-order valence-electron chi connectivity index (χ3n) is 8.92. The maximum absolute atomic E-state index is 13.3. The summed E-state index contributed by atoms with van der Waals surface area (Å²) in [5.74, 6) is 1.22. The predicted octanol–water partition coefficient (Wildman–Crippen LogP) is 5.82. The minimum atomic E-state index is -4.67. The largest absolute Gasteiger partial charge is 0.744 e. The molecule has 0 atom stereocenters. The molecule has 0 unspecified atom stereocenters. The number of nitrogens with zero attached hydrogens (tertiary/aromatic N) is 1. The van der Waals surface area contributed by atoms with Crippen LogP contribution in [-0.2, 0) is 32.2 Å². The number of nitrogens with one attached hydrogen (secondary N) is 1. The monoisotopic (exact) mass is 686 g/mol. The van der Waals surface area contributed by atoms with E-state index in [0.717, 1.165) is 62.6 Å². The van der Waals surface area contributed by atoms with Gasteiger partial charge < -0.3 is 13.9 Å². The molecule has 0 saturated carbocycles. The Bertz CT molecular complexity index is 2390. The number of hydrogen-bond acceptors (Lipinski definition) is 9. The number of para-hydroxylation sites is 1. The van der Waals surface area contributed by atoms with Gasteiger partial charge in [0.05, 0.1) is 4.90 Å². The van der Waals surface area contributed by atoms with Crippen LogP contribution in [0.5, 0.6) is 0 Å². The lowest BCUT2D eigenvalue weighted by Crippen LogP contribution is -2.27. The second-order valence-electron chi connectivity index (χ2n) is 12.3. The van der Waals surface area contributed by atoms with E-state index < -0.39 is 25.8 Å². The molecule has 3 aromatic rings. The molecule has 0 saturated heterocycles. The lowest BCUT2D eigenvalue weighted by atomic mass is 9.83. The molecule has 1 aromatic heterocycles. The first-order valence-corrected chi connectivity index (χ1v) is 18.5. The van der Waals surface area contributed by atoms with Crippen LogP contribution in [0.4, 0.5) is 5.69 Å². The van der Waals surface area contributed by atoms with Crippen molar-refractivity contribution in [2.24, 2.45) is 0 Å². The Morgan fingerprint density at radius 2 is 1.87 bits per heavy atom. The highest BCUT2D eigenvalue weighted by Gasteiger charge is 2.40. The van der Waals surface area contributed by atoms with E-state index in [4.69, 9.17) is 4.42 Å². The summed E-state index contributed by atoms with van der Waals surface area (Å²) < 4.78 is 65.5. The van der Waals surface area contributed by atoms with Crippen LogP contribution in [0, 0.1) is 0 Å². The summed E-state index contributed by atoms with van der Waals surface area (Å²) in [6.45, 7) is 4.22. The van der Waals surface area contributed by atoms with Gasteiger partial charge in [-0.05, 0) is 84.9 Å². The fourth-order valence-electron chi connectivity index (χ4n) is 6.63. The number of aromatic amines is 1. The Labute approximate surface area is 277 Å². The van der Waals surface area contributed by atoms with Crippen LogP contribution < -0.4 is 15.3 Å². The van der Waals surface area contributed by atoms with E-state index in [2.05, 4.69) is 11.1 Å². The number of thiazole rings is 1. The molecule has 3 heterocycles. The van der Waals surface area contributed by atoms with E-state index in [9.17, 15) is 26.2 Å². The Morgan fingerprint density at radius 3 is 2.64 bits per heavy atom. The summed E-state index contributed by atoms with van der Waals surface area (Å²) in [6, 6.07) is 17.8. The van der Waals surface area contributed by atoms with Gasteiger partial charge in [0, 0.05) is 46.4 Å². The quantitative estimate of drug-likeness (QED) is 0.161. The summed E-state index contributed by atoms with van der Waals surface area (Å²) in [4.78, 5) is 18.3. The fourth-order valence-corrected chi connectivity index (χ4v) is 8.45. The Morgan fingerprint density at radius 1 is 1.06 bits per heavy atom. The minimum absolute atomic E-state index is 0.135. The molecule has 2 aliphatic heterocycles. The van der Waals surface area contributed by atoms with Crippen molar-refractivity contribution >= 4 is 58.6 Å². The number of aryl methyl sites for hydroxylation is 1. The van der Waals surface area contributed by atoms with Gasteiger partial charge in [-0.15, -0.1) is 0 Å². The number of H-pyrrole nitrogens is 1. The Kier molecular flexibility index (Phi) is 7.79. The second kappa shape index (κ2) is 11.7. The van der Waals surface area contributed by atoms with Crippen LogP contribution in [-0.4, -0.2) is 33.3 Å². The number of rotatable bonds is 6. The molecule has 4 aliphatic rings. The topological polar surface area (TPSA) is 139 Å². The first kappa shape index (κ1) is 31.3. The lowest BCUT2D eigenvalue weighted by Gasteiger charge is -2.27. The lowest BCUT2D eigenvalue weighted by molar-refractivity contribution is -0.325. The molecule has 12 heteroatoms. The number of benzene rings is 3. The minimum Gasteiger partial charge on any atom is -0.744 e. The van der Waals surface area contributed by atoms with Crippen molar-refractivity contribution in [2.75, 3.05) is 11.4 Å². The van der Waals surface area contributed by atoms with E-state index in [1.807, 2.05) is 61.2 Å². The van der Waals surface area contributed by atoms with Crippen molar-refractivity contribution in [3.8, 4) is 21.9 Å². The van der Waals surface area contributed by atoms with Gasteiger partial charge in [-0.2, -0.15) is 13.4 Å². The van der Waals surface area contributed by atoms with Crippen molar-refractivity contribution in [1.29, 1.82) is 0 Å². The molecule has 0 amide bonds. The second-order valence-corrected chi connectivity index (χ2v) is 15.5. The van der Waals surface area contributed by atoms with E-state index in [1.165, 1.54) is 17.5 Å². The SMILES string of the molecule is CC1(C)/C(=C/C=C2\CCCc3cc4cc(-c5[nH+]c6ccccc6s5)c(=O)cc-4oc32)N(CCC=S(=O)=O)c2ccc(S(=O)(=O)[O-])cc21. The molecule has 0 bridgehead atoms. The summed E-state index contributed by atoms with van der Waals surface area (Å²) in [5, 5.41) is 1.99. The number of aromatic nitrogens is 1. The van der Waals surface area contributed by atoms with Gasteiger partial charge in [-0.1, -0.05) is 43.4 Å². The first-order valence-electron chi connectivity index (χ1n) is 15.1. The van der Waals surface area contributed by atoms with Crippen LogP contribution in [0.1, 0.15) is 50.0 Å². The first-order chi connectivity index (χ1) is 22.4. The van der Waals surface area contributed by atoms with Crippen molar-refractivity contribution in [2.45, 2.75) is 49.8 Å². The van der Waals surface area contributed by atoms with E-state index >= 15 is 0 Å². The molecule has 0 radical (unpaired) electrons. The summed E-state index contributed by atoms with van der Waals surface area (Å²) in [5.41, 5.74) is 5.79. The highest BCUT2D eigenvalue weighted by molar-refractivity contribution is 7.85. The zero-order chi connectivity index (χ0) is 33.1. The molecular weight excluding hydrogens is 657 g/mol. The van der Waals surface area contributed by atoms with Gasteiger partial charge in [-0.25, -0.2) is 8.42 Å². The van der Waals surface area contributed by atoms with Crippen molar-refractivity contribution < 1.29 is 30.8 Å². The Hall–Kier alpha value is -4.36. The molecule has 7 rings (SSSR count). The zero-order valence-corrected chi connectivity index (χ0v) is 28.0. The summed E-state index contributed by atoms with van der Waals surface area (Å²) in [6.07, 6.45) is 6.67. The molecule has 2 aliphatic carbocycles. The van der Waals surface area contributed by atoms with Crippen LogP contribution >= 0.6 is 11.3 Å².